The molecule has 0 bridgehead atoms. The fraction of sp³-hybridized carbons (Fsp3) is 0.733. The lowest BCUT2D eigenvalue weighted by atomic mass is 9.36. The third kappa shape index (κ3) is 3.53. The van der Waals surface area contributed by atoms with Gasteiger partial charge in [0.15, 0.2) is 0 Å². The van der Waals surface area contributed by atoms with Gasteiger partial charge in [-0.1, -0.05) is 27.7 Å². The summed E-state index contributed by atoms with van der Waals surface area (Å²) in [6.45, 7) is 12.9. The minimum atomic E-state index is -0.491. The molecule has 36 heavy (non-hydrogen) atoms. The summed E-state index contributed by atoms with van der Waals surface area (Å²) in [6.07, 6.45) is 4.40. The Kier molecular flexibility index (Phi) is 5.83. The summed E-state index contributed by atoms with van der Waals surface area (Å²) >= 11 is 0. The number of hydrogen-bond acceptors (Lipinski definition) is 6. The minimum absolute atomic E-state index is 0.0437. The van der Waals surface area contributed by atoms with Crippen molar-refractivity contribution in [1.29, 1.82) is 0 Å². The van der Waals surface area contributed by atoms with Gasteiger partial charge in [-0.3, -0.25) is 4.79 Å². The molecule has 5 rings (SSSR count). The van der Waals surface area contributed by atoms with Gasteiger partial charge in [0.2, 0.25) is 0 Å². The Bertz CT molecular complexity index is 1080. The Balaban J connectivity index is 1.59. The molecule has 1 aromatic rings. The molecule has 198 valence electrons. The van der Waals surface area contributed by atoms with E-state index >= 15 is 0 Å². The van der Waals surface area contributed by atoms with Crippen LogP contribution in [-0.4, -0.2) is 42.0 Å². The van der Waals surface area contributed by atoms with Gasteiger partial charge in [0.05, 0.1) is 18.8 Å². The highest BCUT2D eigenvalue weighted by Gasteiger charge is 2.70. The van der Waals surface area contributed by atoms with Gasteiger partial charge in [0.1, 0.15) is 17.5 Å². The first-order chi connectivity index (χ1) is 16.8. The zero-order valence-electron chi connectivity index (χ0n) is 22.8. The number of carbonyl (C=O) groups excluding carboxylic acids is 2. The van der Waals surface area contributed by atoms with Crippen molar-refractivity contribution in [1.82, 2.24) is 0 Å². The molecule has 3 saturated carbocycles. The van der Waals surface area contributed by atoms with Crippen molar-refractivity contribution in [2.75, 3.05) is 7.11 Å². The first-order valence-electron chi connectivity index (χ1n) is 13.5. The molecule has 1 N–H and O–H groups in total. The van der Waals surface area contributed by atoms with Crippen LogP contribution in [0.1, 0.15) is 89.6 Å². The Morgan fingerprint density at radius 1 is 1.06 bits per heavy atom. The molecule has 0 saturated heterocycles. The van der Waals surface area contributed by atoms with Crippen LogP contribution in [0.4, 0.5) is 0 Å². The quantitative estimate of drug-likeness (QED) is 0.555. The molecular weight excluding hydrogens is 456 g/mol. The van der Waals surface area contributed by atoms with E-state index in [0.717, 1.165) is 43.4 Å². The molecule has 0 unspecified atom stereocenters. The van der Waals surface area contributed by atoms with Crippen LogP contribution in [0, 0.1) is 34.0 Å². The van der Waals surface area contributed by atoms with Crippen LogP contribution in [0.3, 0.4) is 0 Å². The Morgan fingerprint density at radius 3 is 2.44 bits per heavy atom. The van der Waals surface area contributed by atoms with E-state index in [1.807, 2.05) is 12.1 Å². The van der Waals surface area contributed by atoms with Gasteiger partial charge in [-0.15, -0.1) is 0 Å². The molecule has 0 radical (unpaired) electrons. The number of carbonyl (C=O) groups is 2. The van der Waals surface area contributed by atoms with Crippen LogP contribution in [0.2, 0.25) is 0 Å². The minimum Gasteiger partial charge on any atom is -0.487 e. The van der Waals surface area contributed by atoms with Crippen LogP contribution in [0.5, 0.6) is 5.75 Å². The van der Waals surface area contributed by atoms with Crippen LogP contribution >= 0.6 is 0 Å². The molecule has 0 amide bonds. The van der Waals surface area contributed by atoms with Crippen LogP contribution in [0.25, 0.3) is 0 Å². The van der Waals surface area contributed by atoms with E-state index in [9.17, 15) is 14.7 Å². The topological polar surface area (TPSA) is 82.1 Å². The van der Waals surface area contributed by atoms with Crippen molar-refractivity contribution in [2.45, 2.75) is 97.9 Å². The highest BCUT2D eigenvalue weighted by Crippen LogP contribution is 2.71. The zero-order valence-corrected chi connectivity index (χ0v) is 22.8. The van der Waals surface area contributed by atoms with Gasteiger partial charge < -0.3 is 19.3 Å². The molecule has 3 fully saturated rings. The van der Waals surface area contributed by atoms with Crippen molar-refractivity contribution < 1.29 is 28.9 Å². The normalized spacial score (nSPS) is 42.5. The third-order valence-corrected chi connectivity index (χ3v) is 10.9. The predicted octanol–water partition coefficient (Wildman–Crippen LogP) is 5.34. The fourth-order valence-electron chi connectivity index (χ4n) is 9.65. The largest absolute Gasteiger partial charge is 0.487 e. The van der Waals surface area contributed by atoms with Gasteiger partial charge in [0, 0.05) is 18.3 Å². The van der Waals surface area contributed by atoms with Crippen molar-refractivity contribution in [3.05, 3.63) is 29.3 Å². The van der Waals surface area contributed by atoms with Crippen molar-refractivity contribution in [3.63, 3.8) is 0 Å². The van der Waals surface area contributed by atoms with E-state index in [1.54, 1.807) is 6.07 Å². The molecule has 8 atom stereocenters. The summed E-state index contributed by atoms with van der Waals surface area (Å²) in [6, 6.07) is 5.57. The average Bonchev–Trinajstić information content (AvgIpc) is 2.78. The van der Waals surface area contributed by atoms with Gasteiger partial charge in [-0.05, 0) is 91.9 Å². The molecule has 1 aromatic carbocycles. The van der Waals surface area contributed by atoms with E-state index in [4.69, 9.17) is 14.2 Å². The number of methoxy groups -OCH3 is 1. The summed E-state index contributed by atoms with van der Waals surface area (Å²) in [5.41, 5.74) is 0.579. The summed E-state index contributed by atoms with van der Waals surface area (Å²) in [7, 11) is 1.40. The number of ether oxygens (including phenoxy) is 3. The highest BCUT2D eigenvalue weighted by atomic mass is 16.5. The van der Waals surface area contributed by atoms with Crippen LogP contribution in [-0.2, 0) is 20.7 Å². The monoisotopic (exact) mass is 498 g/mol. The highest BCUT2D eigenvalue weighted by molar-refractivity contribution is 5.89. The number of benzene rings is 1. The lowest BCUT2D eigenvalue weighted by Gasteiger charge is -2.70. The van der Waals surface area contributed by atoms with Gasteiger partial charge in [0.25, 0.3) is 0 Å². The van der Waals surface area contributed by atoms with Crippen molar-refractivity contribution in [3.8, 4) is 5.75 Å². The third-order valence-electron chi connectivity index (χ3n) is 10.9. The second-order valence-electron chi connectivity index (χ2n) is 13.3. The smallest absolute Gasteiger partial charge is 0.337 e. The standard InChI is InChI=1S/C30H42O6/c1-17(31)35-24-11-12-27(2,3)25-20(32)16-28(4)22(30(24,25)6)10-13-29(5)23(28)15-19-14-18(26(33)34-7)8-9-21(19)36-29/h8-9,14,20,22-25,32H,10-13,15-16H2,1-7H3/t20-,22+,23+,24-,25+,28-,29+,30+/m1/s1. The van der Waals surface area contributed by atoms with Crippen molar-refractivity contribution in [2.24, 2.45) is 34.0 Å². The van der Waals surface area contributed by atoms with Gasteiger partial charge in [-0.25, -0.2) is 4.79 Å². The maximum absolute atomic E-state index is 12.2. The molecule has 4 aliphatic rings. The van der Waals surface area contributed by atoms with Gasteiger partial charge >= 0.3 is 11.9 Å². The van der Waals surface area contributed by atoms with E-state index in [2.05, 4.69) is 34.6 Å². The number of fused-ring (bicyclic) bond motifs is 6. The predicted molar refractivity (Wildman–Crippen MR) is 136 cm³/mol. The second-order valence-corrected chi connectivity index (χ2v) is 13.3. The van der Waals surface area contributed by atoms with E-state index in [0.29, 0.717) is 12.0 Å². The number of aliphatic hydroxyl groups is 1. The first kappa shape index (κ1) is 25.6. The Hall–Kier alpha value is -2.08. The van der Waals surface area contributed by atoms with Gasteiger partial charge in [-0.2, -0.15) is 0 Å². The lowest BCUT2D eigenvalue weighted by molar-refractivity contribution is -0.271. The van der Waals surface area contributed by atoms with E-state index in [-0.39, 0.29) is 57.6 Å². The number of hydrogen-bond donors (Lipinski definition) is 1. The van der Waals surface area contributed by atoms with E-state index in [1.165, 1.54) is 14.0 Å². The summed E-state index contributed by atoms with van der Waals surface area (Å²) in [4.78, 5) is 24.4. The number of esters is 2. The Morgan fingerprint density at radius 2 is 1.78 bits per heavy atom. The van der Waals surface area contributed by atoms with E-state index < -0.39 is 6.10 Å². The summed E-state index contributed by atoms with van der Waals surface area (Å²) in [5.74, 6) is 0.714. The van der Waals surface area contributed by atoms with Crippen molar-refractivity contribution >= 4 is 11.9 Å². The molecule has 0 spiro atoms. The Labute approximate surface area is 215 Å². The number of aliphatic hydroxyl groups excluding tert-OH is 1. The first-order valence-corrected chi connectivity index (χ1v) is 13.5. The SMILES string of the molecule is COC(=O)c1ccc2c(c1)C[C@H]1[C@]3(C)C[C@@H](O)[C@H]4C(C)(C)CC[C@@H](OC(C)=O)[C@]4(C)[C@H]3CC[C@]1(C)O2. The fourth-order valence-corrected chi connectivity index (χ4v) is 9.65. The molecule has 1 aliphatic heterocycles. The second kappa shape index (κ2) is 8.21. The van der Waals surface area contributed by atoms with Crippen LogP contribution < -0.4 is 4.74 Å². The zero-order chi connectivity index (χ0) is 26.3. The molecular formula is C30H42O6. The molecule has 6 nitrogen and oxygen atoms in total. The molecule has 6 heteroatoms. The lowest BCUT2D eigenvalue weighted by Crippen LogP contribution is -2.71. The molecule has 1 heterocycles. The summed E-state index contributed by atoms with van der Waals surface area (Å²) < 4.78 is 17.7. The maximum atomic E-state index is 12.2. The molecule has 0 aromatic heterocycles. The summed E-state index contributed by atoms with van der Waals surface area (Å²) in [5, 5.41) is 11.8. The number of rotatable bonds is 2. The molecule has 3 aliphatic carbocycles. The average molecular weight is 499 g/mol. The maximum Gasteiger partial charge on any atom is 0.337 e. The van der Waals surface area contributed by atoms with Crippen LogP contribution in [0.15, 0.2) is 18.2 Å².